The third-order valence-corrected chi connectivity index (χ3v) is 4.61. The van der Waals surface area contributed by atoms with E-state index in [2.05, 4.69) is 0 Å². The predicted molar refractivity (Wildman–Crippen MR) is 53.9 cm³/mol. The minimum Gasteiger partial charge on any atom is -0.396 e. The minimum atomic E-state index is -2.92. The molecule has 0 radical (unpaired) electrons. The van der Waals surface area contributed by atoms with Crippen molar-refractivity contribution in [2.45, 2.75) is 19.8 Å². The molecule has 1 heterocycles. The van der Waals surface area contributed by atoms with Crippen LogP contribution in [0.2, 0.25) is 0 Å². The Labute approximate surface area is 85.2 Å². The van der Waals surface area contributed by atoms with E-state index >= 15 is 0 Å². The lowest BCUT2D eigenvalue weighted by Gasteiger charge is -2.23. The topological polar surface area (TPSA) is 63.6 Å². The fourth-order valence-corrected chi connectivity index (χ4v) is 2.60. The molecule has 1 unspecified atom stereocenters. The molecular weight excluding hydrogens is 204 g/mol. The summed E-state index contributed by atoms with van der Waals surface area (Å²) in [5, 5.41) is 9.21. The van der Waals surface area contributed by atoms with Crippen LogP contribution in [0.25, 0.3) is 0 Å². The first-order valence-electron chi connectivity index (χ1n) is 4.93. The molecule has 14 heavy (non-hydrogen) atoms. The van der Waals surface area contributed by atoms with Crippen molar-refractivity contribution in [3.8, 4) is 0 Å². The molecule has 0 aromatic carbocycles. The van der Waals surface area contributed by atoms with Crippen molar-refractivity contribution >= 4 is 9.84 Å². The Morgan fingerprint density at radius 1 is 1.50 bits per heavy atom. The van der Waals surface area contributed by atoms with Gasteiger partial charge in [-0.05, 0) is 12.8 Å². The van der Waals surface area contributed by atoms with Crippen LogP contribution in [0.1, 0.15) is 19.8 Å². The van der Waals surface area contributed by atoms with Crippen molar-refractivity contribution in [2.75, 3.05) is 31.3 Å². The highest BCUT2D eigenvalue weighted by Gasteiger charge is 2.35. The van der Waals surface area contributed by atoms with Crippen LogP contribution in [0.5, 0.6) is 0 Å². The largest absolute Gasteiger partial charge is 0.396 e. The van der Waals surface area contributed by atoms with Crippen LogP contribution in [0.4, 0.5) is 0 Å². The zero-order chi connectivity index (χ0) is 10.7. The Morgan fingerprint density at radius 3 is 2.64 bits per heavy atom. The molecule has 0 aromatic rings. The Hall–Kier alpha value is -0.130. The Bertz CT molecular complexity index is 265. The highest BCUT2D eigenvalue weighted by molar-refractivity contribution is 7.91. The van der Waals surface area contributed by atoms with Gasteiger partial charge < -0.3 is 9.84 Å². The number of ether oxygens (including phenoxy) is 1. The summed E-state index contributed by atoms with van der Waals surface area (Å²) in [5.74, 6) is 0.336. The minimum absolute atomic E-state index is 0.0201. The maximum absolute atomic E-state index is 11.3. The van der Waals surface area contributed by atoms with E-state index in [1.165, 1.54) is 0 Å². The monoisotopic (exact) mass is 222 g/mol. The van der Waals surface area contributed by atoms with Crippen molar-refractivity contribution < 1.29 is 18.3 Å². The highest BCUT2D eigenvalue weighted by atomic mass is 32.2. The molecule has 1 saturated heterocycles. The molecule has 0 aliphatic carbocycles. The third kappa shape index (κ3) is 2.93. The van der Waals surface area contributed by atoms with E-state index < -0.39 is 9.84 Å². The third-order valence-electron chi connectivity index (χ3n) is 2.90. The van der Waals surface area contributed by atoms with E-state index in [-0.39, 0.29) is 23.5 Å². The van der Waals surface area contributed by atoms with Gasteiger partial charge in [-0.2, -0.15) is 0 Å². The van der Waals surface area contributed by atoms with E-state index in [9.17, 15) is 13.5 Å². The van der Waals surface area contributed by atoms with Crippen LogP contribution in [-0.2, 0) is 14.6 Å². The first-order valence-corrected chi connectivity index (χ1v) is 6.75. The van der Waals surface area contributed by atoms with Crippen molar-refractivity contribution in [3.05, 3.63) is 0 Å². The highest BCUT2D eigenvalue weighted by Crippen LogP contribution is 2.32. The molecule has 1 atom stereocenters. The molecule has 1 fully saturated rings. The van der Waals surface area contributed by atoms with Crippen LogP contribution < -0.4 is 0 Å². The quantitative estimate of drug-likeness (QED) is 0.722. The summed E-state index contributed by atoms with van der Waals surface area (Å²) in [6, 6.07) is 0. The van der Waals surface area contributed by atoms with E-state index in [0.29, 0.717) is 19.6 Å². The Kier molecular flexibility index (Phi) is 3.92. The van der Waals surface area contributed by atoms with Gasteiger partial charge in [0.1, 0.15) is 9.84 Å². The van der Waals surface area contributed by atoms with Gasteiger partial charge >= 0.3 is 0 Å². The molecule has 0 amide bonds. The van der Waals surface area contributed by atoms with Crippen LogP contribution in [-0.4, -0.2) is 44.9 Å². The molecule has 0 spiro atoms. The summed E-state index contributed by atoms with van der Waals surface area (Å²) in [6.07, 6.45) is 1.28. The van der Waals surface area contributed by atoms with Crippen molar-refractivity contribution in [1.82, 2.24) is 0 Å². The molecule has 84 valence electrons. The summed E-state index contributed by atoms with van der Waals surface area (Å²) in [5.41, 5.74) is -0.303. The molecule has 1 aliphatic rings. The summed E-state index contributed by atoms with van der Waals surface area (Å²) >= 11 is 0. The number of rotatable bonds is 5. The fraction of sp³-hybridized carbons (Fsp3) is 1.00. The summed E-state index contributed by atoms with van der Waals surface area (Å²) in [4.78, 5) is 0. The van der Waals surface area contributed by atoms with Crippen molar-refractivity contribution in [1.29, 1.82) is 0 Å². The van der Waals surface area contributed by atoms with E-state index in [4.69, 9.17) is 4.74 Å². The molecule has 1 N–H and O–H groups in total. The summed E-state index contributed by atoms with van der Waals surface area (Å²) < 4.78 is 27.8. The molecule has 0 aromatic heterocycles. The van der Waals surface area contributed by atoms with Gasteiger partial charge in [-0.3, -0.25) is 0 Å². The van der Waals surface area contributed by atoms with Gasteiger partial charge in [0, 0.05) is 17.8 Å². The maximum atomic E-state index is 11.3. The Balaban J connectivity index is 2.50. The molecule has 4 nitrogen and oxygen atoms in total. The van der Waals surface area contributed by atoms with Gasteiger partial charge in [0.05, 0.1) is 19.0 Å². The predicted octanol–water partition coefficient (Wildman–Crippen LogP) is 0.210. The zero-order valence-electron chi connectivity index (χ0n) is 8.53. The standard InChI is InChI=1S/C9H18O4S/c1-2-14(11,12)6-4-9(7-10)3-5-13-8-9/h10H,2-8H2,1H3. The van der Waals surface area contributed by atoms with Crippen molar-refractivity contribution in [3.63, 3.8) is 0 Å². The van der Waals surface area contributed by atoms with Gasteiger partial charge in [0.15, 0.2) is 0 Å². The molecule has 1 aliphatic heterocycles. The molecule has 5 heteroatoms. The van der Waals surface area contributed by atoms with Crippen LogP contribution in [0.3, 0.4) is 0 Å². The lowest BCUT2D eigenvalue weighted by Crippen LogP contribution is -2.29. The molecule has 0 bridgehead atoms. The van der Waals surface area contributed by atoms with Gasteiger partial charge in [0.2, 0.25) is 0 Å². The molecule has 1 rings (SSSR count). The SMILES string of the molecule is CCS(=O)(=O)CCC1(CO)CCOC1. The van der Waals surface area contributed by atoms with Gasteiger partial charge in [-0.15, -0.1) is 0 Å². The maximum Gasteiger partial charge on any atom is 0.150 e. The number of sulfone groups is 1. The molecular formula is C9H18O4S. The van der Waals surface area contributed by atoms with E-state index in [1.807, 2.05) is 0 Å². The second kappa shape index (κ2) is 4.59. The number of hydrogen-bond donors (Lipinski definition) is 1. The number of hydrogen-bond acceptors (Lipinski definition) is 4. The summed E-state index contributed by atoms with van der Waals surface area (Å²) in [6.45, 7) is 2.79. The van der Waals surface area contributed by atoms with Crippen LogP contribution >= 0.6 is 0 Å². The smallest absolute Gasteiger partial charge is 0.150 e. The van der Waals surface area contributed by atoms with Gasteiger partial charge in [0.25, 0.3) is 0 Å². The lowest BCUT2D eigenvalue weighted by atomic mass is 9.86. The van der Waals surface area contributed by atoms with Gasteiger partial charge in [-0.25, -0.2) is 8.42 Å². The van der Waals surface area contributed by atoms with Crippen molar-refractivity contribution in [2.24, 2.45) is 5.41 Å². The average molecular weight is 222 g/mol. The fourth-order valence-electron chi connectivity index (χ4n) is 1.57. The first-order chi connectivity index (χ1) is 6.54. The van der Waals surface area contributed by atoms with E-state index in [0.717, 1.165) is 6.42 Å². The Morgan fingerprint density at radius 2 is 2.21 bits per heavy atom. The number of aliphatic hydroxyl groups excluding tert-OH is 1. The summed E-state index contributed by atoms with van der Waals surface area (Å²) in [7, 11) is -2.92. The average Bonchev–Trinajstić information content (AvgIpc) is 2.65. The molecule has 0 saturated carbocycles. The second-order valence-electron chi connectivity index (χ2n) is 3.95. The van der Waals surface area contributed by atoms with Gasteiger partial charge in [-0.1, -0.05) is 6.92 Å². The lowest BCUT2D eigenvalue weighted by molar-refractivity contribution is 0.0910. The van der Waals surface area contributed by atoms with E-state index in [1.54, 1.807) is 6.92 Å². The zero-order valence-corrected chi connectivity index (χ0v) is 9.35. The second-order valence-corrected chi connectivity index (χ2v) is 6.42. The first kappa shape index (κ1) is 11.9. The normalized spacial score (nSPS) is 28.1. The number of aliphatic hydroxyl groups is 1. The van der Waals surface area contributed by atoms with Crippen LogP contribution in [0, 0.1) is 5.41 Å². The van der Waals surface area contributed by atoms with Crippen LogP contribution in [0.15, 0.2) is 0 Å².